The third kappa shape index (κ3) is 5.32. The van der Waals surface area contributed by atoms with Crippen LogP contribution < -0.4 is 5.73 Å². The van der Waals surface area contributed by atoms with E-state index in [-0.39, 0.29) is 24.3 Å². The van der Waals surface area contributed by atoms with E-state index >= 15 is 0 Å². The summed E-state index contributed by atoms with van der Waals surface area (Å²) in [5.74, 6) is -0.214. The van der Waals surface area contributed by atoms with Crippen molar-refractivity contribution in [1.29, 1.82) is 0 Å². The quantitative estimate of drug-likeness (QED) is 0.771. The van der Waals surface area contributed by atoms with Crippen LogP contribution in [0.4, 0.5) is 0 Å². The Hall–Kier alpha value is -1.92. The predicted molar refractivity (Wildman–Crippen MR) is 92.0 cm³/mol. The predicted octanol–water partition coefficient (Wildman–Crippen LogP) is 0.766. The van der Waals surface area contributed by atoms with Gasteiger partial charge < -0.3 is 15.7 Å². The van der Waals surface area contributed by atoms with Crippen molar-refractivity contribution < 1.29 is 14.7 Å². The minimum absolute atomic E-state index is 0.00649. The molecule has 6 nitrogen and oxygen atoms in total. The van der Waals surface area contributed by atoms with E-state index in [0.717, 1.165) is 31.5 Å². The van der Waals surface area contributed by atoms with Crippen LogP contribution in [-0.4, -0.2) is 59.9 Å². The highest BCUT2D eigenvalue weighted by molar-refractivity contribution is 5.79. The number of nitrogens with zero attached hydrogens (tertiary/aromatic N) is 2. The van der Waals surface area contributed by atoms with Gasteiger partial charge in [-0.05, 0) is 37.9 Å². The lowest BCUT2D eigenvalue weighted by atomic mass is 9.95. The van der Waals surface area contributed by atoms with Crippen molar-refractivity contribution in [2.24, 2.45) is 11.7 Å². The van der Waals surface area contributed by atoms with Crippen molar-refractivity contribution in [2.75, 3.05) is 33.2 Å². The van der Waals surface area contributed by atoms with Crippen molar-refractivity contribution in [3.63, 3.8) is 0 Å². The zero-order valence-corrected chi connectivity index (χ0v) is 14.2. The highest BCUT2D eigenvalue weighted by Gasteiger charge is 2.27. The number of benzene rings is 1. The highest BCUT2D eigenvalue weighted by Crippen LogP contribution is 2.21. The Morgan fingerprint density at radius 2 is 1.92 bits per heavy atom. The number of carbonyl (C=O) groups excluding carboxylic acids is 2. The summed E-state index contributed by atoms with van der Waals surface area (Å²) < 4.78 is 0. The number of nitrogens with two attached hydrogens (primary N) is 1. The summed E-state index contributed by atoms with van der Waals surface area (Å²) in [6.45, 7) is 2.23. The average molecular weight is 333 g/mol. The summed E-state index contributed by atoms with van der Waals surface area (Å²) >= 11 is 0. The third-order valence-electron chi connectivity index (χ3n) is 4.61. The molecule has 0 aliphatic carbocycles. The van der Waals surface area contributed by atoms with Crippen molar-refractivity contribution in [1.82, 2.24) is 9.80 Å². The van der Waals surface area contributed by atoms with Crippen LogP contribution in [0.15, 0.2) is 30.3 Å². The maximum Gasteiger partial charge on any atom is 0.231 e. The van der Waals surface area contributed by atoms with Gasteiger partial charge in [-0.2, -0.15) is 0 Å². The number of hydrogen-bond donors (Lipinski definition) is 2. The molecule has 1 aliphatic rings. The maximum absolute atomic E-state index is 12.5. The molecule has 132 valence electrons. The van der Waals surface area contributed by atoms with Crippen LogP contribution in [0.3, 0.4) is 0 Å². The molecule has 1 aromatic rings. The van der Waals surface area contributed by atoms with E-state index in [0.29, 0.717) is 13.0 Å². The minimum atomic E-state index is -0.557. The third-order valence-corrected chi connectivity index (χ3v) is 4.61. The van der Waals surface area contributed by atoms with Gasteiger partial charge in [0, 0.05) is 19.5 Å². The molecule has 2 rings (SSSR count). The Labute approximate surface area is 143 Å². The normalized spacial score (nSPS) is 17.4. The van der Waals surface area contributed by atoms with Gasteiger partial charge in [0.05, 0.1) is 12.6 Å². The van der Waals surface area contributed by atoms with Crippen molar-refractivity contribution in [3.8, 4) is 0 Å². The van der Waals surface area contributed by atoms with Crippen molar-refractivity contribution in [2.45, 2.75) is 25.4 Å². The number of piperidine rings is 1. The number of amides is 2. The second kappa shape index (κ2) is 8.80. The van der Waals surface area contributed by atoms with Crippen LogP contribution in [-0.2, 0) is 9.59 Å². The van der Waals surface area contributed by atoms with Gasteiger partial charge in [-0.3, -0.25) is 14.5 Å². The molecule has 0 saturated carbocycles. The Kier molecular flexibility index (Phi) is 6.75. The number of rotatable bonds is 7. The summed E-state index contributed by atoms with van der Waals surface area (Å²) in [6.07, 6.45) is 1.46. The maximum atomic E-state index is 12.5. The van der Waals surface area contributed by atoms with E-state index < -0.39 is 6.10 Å². The molecule has 1 unspecified atom stereocenters. The standard InChI is InChI=1S/C18H27N3O3/c1-20(10-9-16(22)14-5-3-2-4-6-14)18(24)15-7-11-21(12-8-15)13-17(19)23/h2-6,15-16,22H,7-13H2,1H3,(H2,19,23). The molecule has 1 aliphatic heterocycles. The van der Waals surface area contributed by atoms with Gasteiger partial charge in [0.1, 0.15) is 0 Å². The van der Waals surface area contributed by atoms with Crippen LogP contribution in [0.1, 0.15) is 30.9 Å². The topological polar surface area (TPSA) is 86.9 Å². The SMILES string of the molecule is CN(CCC(O)c1ccccc1)C(=O)C1CCN(CC(N)=O)CC1. The molecule has 2 amide bonds. The van der Waals surface area contributed by atoms with Gasteiger partial charge in [-0.15, -0.1) is 0 Å². The zero-order valence-electron chi connectivity index (χ0n) is 14.2. The number of likely N-dealkylation sites (tertiary alicyclic amines) is 1. The smallest absolute Gasteiger partial charge is 0.231 e. The Morgan fingerprint density at radius 3 is 2.50 bits per heavy atom. The summed E-state index contributed by atoms with van der Waals surface area (Å²) in [7, 11) is 1.79. The van der Waals surface area contributed by atoms with Gasteiger partial charge in [0.25, 0.3) is 0 Å². The van der Waals surface area contributed by atoms with Gasteiger partial charge in [0.15, 0.2) is 0 Å². The zero-order chi connectivity index (χ0) is 17.5. The molecule has 0 bridgehead atoms. The molecular weight excluding hydrogens is 306 g/mol. The number of primary amides is 1. The lowest BCUT2D eigenvalue weighted by molar-refractivity contribution is -0.136. The fraction of sp³-hybridized carbons (Fsp3) is 0.556. The number of aliphatic hydroxyl groups is 1. The molecule has 1 aromatic carbocycles. The van der Waals surface area contributed by atoms with Crippen LogP contribution in [0, 0.1) is 5.92 Å². The molecule has 24 heavy (non-hydrogen) atoms. The molecular formula is C18H27N3O3. The van der Waals surface area contributed by atoms with E-state index in [1.165, 1.54) is 0 Å². The molecule has 3 N–H and O–H groups in total. The minimum Gasteiger partial charge on any atom is -0.388 e. The summed E-state index contributed by atoms with van der Waals surface area (Å²) in [4.78, 5) is 27.1. The van der Waals surface area contributed by atoms with Gasteiger partial charge >= 0.3 is 0 Å². The van der Waals surface area contributed by atoms with Crippen molar-refractivity contribution >= 4 is 11.8 Å². The summed E-state index contributed by atoms with van der Waals surface area (Å²) in [5.41, 5.74) is 6.08. The first-order chi connectivity index (χ1) is 11.5. The summed E-state index contributed by atoms with van der Waals surface area (Å²) in [6, 6.07) is 9.49. The van der Waals surface area contributed by atoms with E-state index in [2.05, 4.69) is 0 Å². The summed E-state index contributed by atoms with van der Waals surface area (Å²) in [5, 5.41) is 10.2. The molecule has 6 heteroatoms. The van der Waals surface area contributed by atoms with E-state index in [1.54, 1.807) is 11.9 Å². The molecule has 1 saturated heterocycles. The molecule has 0 aromatic heterocycles. The van der Waals surface area contributed by atoms with Crippen LogP contribution in [0.2, 0.25) is 0 Å². The highest BCUT2D eigenvalue weighted by atomic mass is 16.3. The second-order valence-electron chi connectivity index (χ2n) is 6.49. The van der Waals surface area contributed by atoms with E-state index in [9.17, 15) is 14.7 Å². The van der Waals surface area contributed by atoms with E-state index in [4.69, 9.17) is 5.73 Å². The monoisotopic (exact) mass is 333 g/mol. The Morgan fingerprint density at radius 1 is 1.29 bits per heavy atom. The van der Waals surface area contributed by atoms with Crippen LogP contribution >= 0.6 is 0 Å². The largest absolute Gasteiger partial charge is 0.388 e. The second-order valence-corrected chi connectivity index (χ2v) is 6.49. The fourth-order valence-corrected chi connectivity index (χ4v) is 3.14. The van der Waals surface area contributed by atoms with Gasteiger partial charge in [-0.1, -0.05) is 30.3 Å². The number of carbonyl (C=O) groups is 2. The van der Waals surface area contributed by atoms with Crippen LogP contribution in [0.5, 0.6) is 0 Å². The Balaban J connectivity index is 1.75. The lowest BCUT2D eigenvalue weighted by Gasteiger charge is -2.32. The fourth-order valence-electron chi connectivity index (χ4n) is 3.14. The number of hydrogen-bond acceptors (Lipinski definition) is 4. The first-order valence-electron chi connectivity index (χ1n) is 8.46. The lowest BCUT2D eigenvalue weighted by Crippen LogP contribution is -2.44. The van der Waals surface area contributed by atoms with Crippen LogP contribution in [0.25, 0.3) is 0 Å². The molecule has 0 radical (unpaired) electrons. The molecule has 1 fully saturated rings. The average Bonchev–Trinajstić information content (AvgIpc) is 2.59. The number of aliphatic hydroxyl groups excluding tert-OH is 1. The molecule has 0 spiro atoms. The Bertz CT molecular complexity index is 542. The van der Waals surface area contributed by atoms with Gasteiger partial charge in [0.2, 0.25) is 11.8 Å². The van der Waals surface area contributed by atoms with Crippen molar-refractivity contribution in [3.05, 3.63) is 35.9 Å². The van der Waals surface area contributed by atoms with Gasteiger partial charge in [-0.25, -0.2) is 0 Å². The molecule has 1 heterocycles. The molecule has 1 atom stereocenters. The first kappa shape index (κ1) is 18.4. The van der Waals surface area contributed by atoms with E-state index in [1.807, 2.05) is 35.2 Å². The first-order valence-corrected chi connectivity index (χ1v) is 8.46.